The second-order valence-electron chi connectivity index (χ2n) is 5.75. The van der Waals surface area contributed by atoms with E-state index in [9.17, 15) is 35.1 Å². The molecule has 0 spiro atoms. The van der Waals surface area contributed by atoms with E-state index < -0.39 is 29.4 Å². The molecular formula is C16H10F8N4S. The Kier molecular flexibility index (Phi) is 5.22. The number of rotatable bonds is 4. The summed E-state index contributed by atoms with van der Waals surface area (Å²) >= 11 is 0.931. The molecule has 3 rings (SSSR count). The number of imidazole rings is 1. The summed E-state index contributed by atoms with van der Waals surface area (Å²) in [7, 11) is 0. The number of hydrogen-bond acceptors (Lipinski definition) is 4. The molecule has 3 heterocycles. The lowest BCUT2D eigenvalue weighted by Crippen LogP contribution is -2.33. The van der Waals surface area contributed by atoms with Gasteiger partial charge < -0.3 is 4.98 Å². The molecule has 3 aromatic heterocycles. The van der Waals surface area contributed by atoms with Crippen LogP contribution in [0.4, 0.5) is 35.1 Å². The third kappa shape index (κ3) is 4.00. The van der Waals surface area contributed by atoms with Crippen molar-refractivity contribution >= 4 is 22.9 Å². The summed E-state index contributed by atoms with van der Waals surface area (Å²) in [5, 5.41) is 0. The molecule has 0 bridgehead atoms. The van der Waals surface area contributed by atoms with Gasteiger partial charge >= 0.3 is 18.3 Å². The highest BCUT2D eigenvalue weighted by Crippen LogP contribution is 2.45. The van der Waals surface area contributed by atoms with Crippen LogP contribution >= 0.6 is 11.8 Å². The average molecular weight is 442 g/mol. The normalized spacial score (nSPS) is 13.3. The number of nitrogens with one attached hydrogen (secondary N) is 1. The molecule has 0 amide bonds. The van der Waals surface area contributed by atoms with Crippen molar-refractivity contribution in [1.82, 2.24) is 19.9 Å². The molecule has 0 aromatic carbocycles. The molecule has 0 saturated carbocycles. The van der Waals surface area contributed by atoms with E-state index >= 15 is 0 Å². The van der Waals surface area contributed by atoms with Gasteiger partial charge in [0.1, 0.15) is 5.69 Å². The van der Waals surface area contributed by atoms with E-state index in [1.165, 1.54) is 0 Å². The van der Waals surface area contributed by atoms with Gasteiger partial charge in [-0.1, -0.05) is 6.92 Å². The second-order valence-corrected chi connectivity index (χ2v) is 7.06. The third-order valence-corrected chi connectivity index (χ3v) is 4.67. The predicted octanol–water partition coefficient (Wildman–Crippen LogP) is 5.80. The monoisotopic (exact) mass is 442 g/mol. The number of alkyl halides is 8. The van der Waals surface area contributed by atoms with Crippen LogP contribution in [0.3, 0.4) is 0 Å². The van der Waals surface area contributed by atoms with E-state index in [4.69, 9.17) is 0 Å². The Hall–Kier alpha value is -2.44. The molecule has 13 heteroatoms. The van der Waals surface area contributed by atoms with Gasteiger partial charge in [-0.25, -0.2) is 9.97 Å². The first-order valence-corrected chi connectivity index (χ1v) is 8.84. The van der Waals surface area contributed by atoms with Gasteiger partial charge in [0.15, 0.2) is 11.5 Å². The molecule has 0 radical (unpaired) electrons. The van der Waals surface area contributed by atoms with Crippen LogP contribution in [0.25, 0.3) is 22.7 Å². The highest BCUT2D eigenvalue weighted by atomic mass is 32.2. The minimum absolute atomic E-state index is 0.0379. The Balaban J connectivity index is 2.10. The van der Waals surface area contributed by atoms with Crippen LogP contribution < -0.4 is 0 Å². The van der Waals surface area contributed by atoms with Gasteiger partial charge in [0.2, 0.25) is 0 Å². The fourth-order valence-corrected chi connectivity index (χ4v) is 3.20. The minimum Gasteiger partial charge on any atom is -0.335 e. The molecule has 3 aromatic rings. The SMILES string of the molecule is CCSc1cc(C(F)(F)C(F)(F)F)cnc1-c1nc2ncc(C(F)(F)F)cc2[nH]1. The van der Waals surface area contributed by atoms with Crippen LogP contribution in [0.15, 0.2) is 29.4 Å². The molecule has 29 heavy (non-hydrogen) atoms. The number of aromatic amines is 1. The molecule has 0 aliphatic carbocycles. The lowest BCUT2D eigenvalue weighted by atomic mass is 10.1. The quantitative estimate of drug-likeness (QED) is 0.410. The summed E-state index contributed by atoms with van der Waals surface area (Å²) in [5.41, 5.74) is -2.64. The third-order valence-electron chi connectivity index (χ3n) is 3.76. The van der Waals surface area contributed by atoms with Gasteiger partial charge in [-0.15, -0.1) is 11.8 Å². The Labute approximate surface area is 161 Å². The highest BCUT2D eigenvalue weighted by Gasteiger charge is 2.59. The molecular weight excluding hydrogens is 432 g/mol. The van der Waals surface area contributed by atoms with Crippen LogP contribution in [0.5, 0.6) is 0 Å². The van der Waals surface area contributed by atoms with E-state index in [1.807, 2.05) is 0 Å². The number of aromatic nitrogens is 4. The number of pyridine rings is 2. The van der Waals surface area contributed by atoms with Crippen molar-refractivity contribution < 1.29 is 35.1 Å². The number of hydrogen-bond donors (Lipinski definition) is 1. The number of nitrogens with zero attached hydrogens (tertiary/aromatic N) is 3. The van der Waals surface area contributed by atoms with Crippen molar-refractivity contribution in [3.63, 3.8) is 0 Å². The van der Waals surface area contributed by atoms with Gasteiger partial charge in [0.25, 0.3) is 0 Å². The van der Waals surface area contributed by atoms with Crippen LogP contribution in [0.1, 0.15) is 18.1 Å². The molecule has 4 nitrogen and oxygen atoms in total. The predicted molar refractivity (Wildman–Crippen MR) is 88.5 cm³/mol. The summed E-state index contributed by atoms with van der Waals surface area (Å²) in [5.74, 6) is -4.91. The lowest BCUT2D eigenvalue weighted by Gasteiger charge is -2.20. The maximum Gasteiger partial charge on any atom is 0.458 e. The van der Waals surface area contributed by atoms with Gasteiger partial charge in [-0.2, -0.15) is 35.1 Å². The van der Waals surface area contributed by atoms with Crippen LogP contribution in [-0.4, -0.2) is 31.9 Å². The smallest absolute Gasteiger partial charge is 0.335 e. The highest BCUT2D eigenvalue weighted by molar-refractivity contribution is 7.99. The molecule has 0 saturated heterocycles. The van der Waals surface area contributed by atoms with Gasteiger partial charge in [0.05, 0.1) is 11.1 Å². The molecule has 0 unspecified atom stereocenters. The molecule has 156 valence electrons. The fourth-order valence-electron chi connectivity index (χ4n) is 2.39. The van der Waals surface area contributed by atoms with Gasteiger partial charge in [-0.3, -0.25) is 4.98 Å². The van der Waals surface area contributed by atoms with E-state index in [1.54, 1.807) is 6.92 Å². The first kappa shape index (κ1) is 21.3. The first-order valence-electron chi connectivity index (χ1n) is 7.85. The van der Waals surface area contributed by atoms with E-state index in [0.29, 0.717) is 24.2 Å². The summed E-state index contributed by atoms with van der Waals surface area (Å²) < 4.78 is 104. The molecule has 0 aliphatic heterocycles. The number of thioether (sulfide) groups is 1. The van der Waals surface area contributed by atoms with E-state index in [2.05, 4.69) is 19.9 Å². The second kappa shape index (κ2) is 7.11. The fraction of sp³-hybridized carbons (Fsp3) is 0.312. The number of H-pyrrole nitrogens is 1. The zero-order valence-corrected chi connectivity index (χ0v) is 15.1. The summed E-state index contributed by atoms with van der Waals surface area (Å²) in [6.45, 7) is 1.64. The topological polar surface area (TPSA) is 54.5 Å². The molecule has 0 aliphatic rings. The van der Waals surface area contributed by atoms with Crippen molar-refractivity contribution in [1.29, 1.82) is 0 Å². The standard InChI is InChI=1S/C16H10F8N4S/c1-2-29-10-4-7(14(17,18)16(22,23)24)5-25-11(10)13-27-9-3-8(15(19,20)21)6-26-12(9)28-13/h3-6H,2H2,1H3,(H,26,27,28). The summed E-state index contributed by atoms with van der Waals surface area (Å²) in [6.07, 6.45) is -9.50. The van der Waals surface area contributed by atoms with E-state index in [-0.39, 0.29) is 27.6 Å². The molecule has 0 fully saturated rings. The largest absolute Gasteiger partial charge is 0.458 e. The summed E-state index contributed by atoms with van der Waals surface area (Å²) in [6, 6.07) is 1.41. The summed E-state index contributed by atoms with van der Waals surface area (Å²) in [4.78, 5) is 13.7. The zero-order valence-electron chi connectivity index (χ0n) is 14.3. The average Bonchev–Trinajstić information content (AvgIpc) is 3.03. The molecule has 1 N–H and O–H groups in total. The van der Waals surface area contributed by atoms with E-state index in [0.717, 1.165) is 17.8 Å². The number of fused-ring (bicyclic) bond motifs is 1. The Morgan fingerprint density at radius 2 is 1.59 bits per heavy atom. The van der Waals surface area contributed by atoms with Gasteiger partial charge in [0, 0.05) is 22.9 Å². The Morgan fingerprint density at radius 3 is 2.17 bits per heavy atom. The molecule has 0 atom stereocenters. The van der Waals surface area contributed by atoms with Gasteiger partial charge in [-0.05, 0) is 17.9 Å². The van der Waals surface area contributed by atoms with Crippen molar-refractivity contribution in [2.75, 3.05) is 5.75 Å². The first-order chi connectivity index (χ1) is 13.3. The Bertz CT molecular complexity index is 1040. The lowest BCUT2D eigenvalue weighted by molar-refractivity contribution is -0.289. The maximum atomic E-state index is 13.6. The number of halogens is 8. The van der Waals surface area contributed by atoms with Crippen LogP contribution in [-0.2, 0) is 12.1 Å². The van der Waals surface area contributed by atoms with Crippen molar-refractivity contribution in [2.24, 2.45) is 0 Å². The van der Waals surface area contributed by atoms with Crippen LogP contribution in [0, 0.1) is 0 Å². The minimum atomic E-state index is -5.80. The van der Waals surface area contributed by atoms with Crippen molar-refractivity contribution in [3.05, 3.63) is 35.7 Å². The van der Waals surface area contributed by atoms with Crippen molar-refractivity contribution in [3.8, 4) is 11.5 Å². The Morgan fingerprint density at radius 1 is 0.931 bits per heavy atom. The van der Waals surface area contributed by atoms with Crippen molar-refractivity contribution in [2.45, 2.75) is 30.1 Å². The van der Waals surface area contributed by atoms with Crippen LogP contribution in [0.2, 0.25) is 0 Å². The zero-order chi connectivity index (χ0) is 21.6. The maximum absolute atomic E-state index is 13.6.